The summed E-state index contributed by atoms with van der Waals surface area (Å²) in [6, 6.07) is 15.9. The number of aromatic nitrogens is 2. The second-order valence-electron chi connectivity index (χ2n) is 8.26. The highest BCUT2D eigenvalue weighted by Gasteiger charge is 2.20. The van der Waals surface area contributed by atoms with Gasteiger partial charge < -0.3 is 14.9 Å². The summed E-state index contributed by atoms with van der Waals surface area (Å²) in [4.78, 5) is 30.3. The SMILES string of the molecule is Cc1cc2[nH]c(=O)c(=O)[nH]c2cc1S(=O)(=O)Nc1ccc(-c2cccc(N3CCC3)c2)c(Cl)c1. The fourth-order valence-corrected chi connectivity index (χ4v) is 5.60. The summed E-state index contributed by atoms with van der Waals surface area (Å²) in [5.74, 6) is 0. The Kier molecular flexibility index (Phi) is 5.45. The molecule has 34 heavy (non-hydrogen) atoms. The number of nitrogens with zero attached hydrogens (tertiary/aromatic N) is 1. The van der Waals surface area contributed by atoms with Crippen molar-refractivity contribution in [1.29, 1.82) is 0 Å². The molecule has 4 aromatic rings. The lowest BCUT2D eigenvalue weighted by Gasteiger charge is -2.33. The average Bonchev–Trinajstić information content (AvgIpc) is 2.73. The van der Waals surface area contributed by atoms with Gasteiger partial charge in [0, 0.05) is 24.3 Å². The topological polar surface area (TPSA) is 115 Å². The van der Waals surface area contributed by atoms with Crippen LogP contribution in [0.25, 0.3) is 22.2 Å². The summed E-state index contributed by atoms with van der Waals surface area (Å²) in [6.45, 7) is 3.69. The van der Waals surface area contributed by atoms with Gasteiger partial charge >= 0.3 is 11.1 Å². The summed E-state index contributed by atoms with van der Waals surface area (Å²) >= 11 is 6.54. The highest BCUT2D eigenvalue weighted by atomic mass is 35.5. The predicted octanol–water partition coefficient (Wildman–Crippen LogP) is 3.86. The van der Waals surface area contributed by atoms with Gasteiger partial charge in [0.05, 0.1) is 26.6 Å². The molecule has 3 N–H and O–H groups in total. The van der Waals surface area contributed by atoms with Crippen molar-refractivity contribution in [3.05, 3.63) is 85.9 Å². The summed E-state index contributed by atoms with van der Waals surface area (Å²) < 4.78 is 28.8. The Morgan fingerprint density at radius 2 is 1.65 bits per heavy atom. The second kappa shape index (κ2) is 8.34. The molecule has 0 saturated carbocycles. The molecule has 0 bridgehead atoms. The summed E-state index contributed by atoms with van der Waals surface area (Å²) in [5.41, 5.74) is 2.51. The van der Waals surface area contributed by atoms with Gasteiger partial charge in [-0.15, -0.1) is 0 Å². The zero-order valence-corrected chi connectivity index (χ0v) is 19.8. The number of aryl methyl sites for hydroxylation is 1. The minimum Gasteiger partial charge on any atom is -0.371 e. The monoisotopic (exact) mass is 496 g/mol. The summed E-state index contributed by atoms with van der Waals surface area (Å²) in [5, 5.41) is 0.415. The standard InChI is InChI=1S/C24H21ClN4O4S/c1-14-10-20-21(27-24(31)23(30)26-20)13-22(14)34(32,33)28-16-6-7-18(19(25)12-16)15-4-2-5-17(11-15)29-8-3-9-29/h2,4-7,10-13,28H,3,8-9H2,1H3,(H,26,30)(H,27,31). The largest absolute Gasteiger partial charge is 0.371 e. The summed E-state index contributed by atoms with van der Waals surface area (Å²) in [7, 11) is -4.00. The van der Waals surface area contributed by atoms with E-state index < -0.39 is 21.1 Å². The molecular weight excluding hydrogens is 476 g/mol. The van der Waals surface area contributed by atoms with Crippen molar-refractivity contribution in [2.75, 3.05) is 22.7 Å². The maximum Gasteiger partial charge on any atom is 0.314 e. The maximum atomic E-state index is 13.1. The molecule has 1 saturated heterocycles. The molecule has 174 valence electrons. The molecule has 5 rings (SSSR count). The van der Waals surface area contributed by atoms with Crippen molar-refractivity contribution in [1.82, 2.24) is 9.97 Å². The minimum atomic E-state index is -4.00. The number of sulfonamides is 1. The number of rotatable bonds is 5. The lowest BCUT2D eigenvalue weighted by Crippen LogP contribution is -2.36. The molecule has 0 atom stereocenters. The van der Waals surface area contributed by atoms with Crippen LogP contribution in [0.5, 0.6) is 0 Å². The number of anilines is 2. The number of hydrogen-bond acceptors (Lipinski definition) is 5. The van der Waals surface area contributed by atoms with Gasteiger partial charge in [-0.3, -0.25) is 14.3 Å². The Bertz CT molecular complexity index is 1660. The van der Waals surface area contributed by atoms with Crippen LogP contribution < -0.4 is 20.7 Å². The smallest absolute Gasteiger partial charge is 0.314 e. The first kappa shape index (κ1) is 22.2. The van der Waals surface area contributed by atoms with Crippen molar-refractivity contribution in [3.63, 3.8) is 0 Å². The van der Waals surface area contributed by atoms with Crippen molar-refractivity contribution < 1.29 is 8.42 Å². The minimum absolute atomic E-state index is 0.0230. The molecule has 0 amide bonds. The van der Waals surface area contributed by atoms with E-state index in [9.17, 15) is 18.0 Å². The number of halogens is 1. The molecule has 10 heteroatoms. The van der Waals surface area contributed by atoms with Crippen molar-refractivity contribution in [2.24, 2.45) is 0 Å². The van der Waals surface area contributed by atoms with Crippen molar-refractivity contribution >= 4 is 44.0 Å². The van der Waals surface area contributed by atoms with Crippen LogP contribution in [0.2, 0.25) is 5.02 Å². The van der Waals surface area contributed by atoms with Gasteiger partial charge in [0.1, 0.15) is 0 Å². The maximum absolute atomic E-state index is 13.1. The Morgan fingerprint density at radius 1 is 0.941 bits per heavy atom. The van der Waals surface area contributed by atoms with E-state index in [1.54, 1.807) is 25.1 Å². The molecule has 1 aromatic heterocycles. The van der Waals surface area contributed by atoms with Gasteiger partial charge in [-0.2, -0.15) is 0 Å². The van der Waals surface area contributed by atoms with Crippen LogP contribution in [-0.2, 0) is 10.0 Å². The van der Waals surface area contributed by atoms with E-state index in [1.165, 1.54) is 18.6 Å². The van der Waals surface area contributed by atoms with Crippen molar-refractivity contribution in [3.8, 4) is 11.1 Å². The third-order valence-electron chi connectivity index (χ3n) is 5.91. The number of aromatic amines is 2. The van der Waals surface area contributed by atoms with Crippen LogP contribution in [0.1, 0.15) is 12.0 Å². The Morgan fingerprint density at radius 3 is 2.29 bits per heavy atom. The van der Waals surface area contributed by atoms with E-state index in [2.05, 4.69) is 31.7 Å². The van der Waals surface area contributed by atoms with E-state index in [-0.39, 0.29) is 10.4 Å². The van der Waals surface area contributed by atoms with Gasteiger partial charge in [-0.05, 0) is 60.9 Å². The van der Waals surface area contributed by atoms with Gasteiger partial charge in [0.15, 0.2) is 0 Å². The lowest BCUT2D eigenvalue weighted by molar-refractivity contribution is 0.600. The summed E-state index contributed by atoms with van der Waals surface area (Å²) in [6.07, 6.45) is 1.19. The highest BCUT2D eigenvalue weighted by molar-refractivity contribution is 7.92. The fourth-order valence-electron chi connectivity index (χ4n) is 4.01. The Balaban J connectivity index is 1.46. The van der Waals surface area contributed by atoms with Gasteiger partial charge in [0.2, 0.25) is 0 Å². The molecule has 0 radical (unpaired) electrons. The second-order valence-corrected chi connectivity index (χ2v) is 10.3. The molecule has 2 heterocycles. The molecule has 1 aliphatic heterocycles. The van der Waals surface area contributed by atoms with E-state index in [4.69, 9.17) is 11.6 Å². The first-order valence-electron chi connectivity index (χ1n) is 10.7. The predicted molar refractivity (Wildman–Crippen MR) is 134 cm³/mol. The van der Waals surface area contributed by atoms with Crippen LogP contribution in [0.4, 0.5) is 11.4 Å². The number of H-pyrrole nitrogens is 2. The number of hydrogen-bond donors (Lipinski definition) is 3. The van der Waals surface area contributed by atoms with Crippen LogP contribution in [-0.4, -0.2) is 31.5 Å². The third-order valence-corrected chi connectivity index (χ3v) is 7.74. The van der Waals surface area contributed by atoms with Crippen LogP contribution in [0.3, 0.4) is 0 Å². The molecule has 1 fully saturated rings. The molecule has 0 unspecified atom stereocenters. The fraction of sp³-hybridized carbons (Fsp3) is 0.167. The number of fused-ring (bicyclic) bond motifs is 1. The Hall–Kier alpha value is -3.56. The highest BCUT2D eigenvalue weighted by Crippen LogP contribution is 2.34. The van der Waals surface area contributed by atoms with Gasteiger partial charge in [0.25, 0.3) is 10.0 Å². The van der Waals surface area contributed by atoms with E-state index >= 15 is 0 Å². The molecule has 1 aliphatic rings. The normalized spacial score (nSPS) is 13.6. The molecule has 0 aliphatic carbocycles. The first-order chi connectivity index (χ1) is 16.2. The van der Waals surface area contributed by atoms with Gasteiger partial charge in [-0.1, -0.05) is 29.8 Å². The van der Waals surface area contributed by atoms with E-state index in [0.29, 0.717) is 21.8 Å². The molecule has 0 spiro atoms. The van der Waals surface area contributed by atoms with Crippen LogP contribution >= 0.6 is 11.6 Å². The van der Waals surface area contributed by atoms with E-state index in [1.807, 2.05) is 12.1 Å². The Labute approximate surface area is 200 Å². The van der Waals surface area contributed by atoms with Gasteiger partial charge in [-0.25, -0.2) is 8.42 Å². The number of nitrogens with one attached hydrogen (secondary N) is 3. The molecule has 3 aromatic carbocycles. The zero-order valence-electron chi connectivity index (χ0n) is 18.2. The molecule has 8 nitrogen and oxygen atoms in total. The van der Waals surface area contributed by atoms with Crippen molar-refractivity contribution in [2.45, 2.75) is 18.2 Å². The quantitative estimate of drug-likeness (QED) is 0.363. The third kappa shape index (κ3) is 4.08. The average molecular weight is 497 g/mol. The molecular formula is C24H21ClN4O4S. The lowest BCUT2D eigenvalue weighted by atomic mass is 10.0. The first-order valence-corrected chi connectivity index (χ1v) is 12.5. The van der Waals surface area contributed by atoms with Crippen LogP contribution in [0.15, 0.2) is 69.1 Å². The zero-order chi connectivity index (χ0) is 24.0. The van der Waals surface area contributed by atoms with Crippen LogP contribution in [0, 0.1) is 6.92 Å². The number of benzene rings is 3. The van der Waals surface area contributed by atoms with E-state index in [0.717, 1.165) is 29.9 Å².